The van der Waals surface area contributed by atoms with Gasteiger partial charge in [0.1, 0.15) is 0 Å². The van der Waals surface area contributed by atoms with Crippen molar-refractivity contribution in [1.82, 2.24) is 20.2 Å². The van der Waals surface area contributed by atoms with Crippen LogP contribution in [0.4, 0.5) is 0 Å². The zero-order valence-corrected chi connectivity index (χ0v) is 10.9. The third kappa shape index (κ3) is 2.33. The smallest absolute Gasteiger partial charge is 0.179 e. The molecule has 0 fully saturated rings. The fourth-order valence-corrected chi connectivity index (χ4v) is 1.55. The zero-order chi connectivity index (χ0) is 10.3. The molecule has 0 unspecified atom stereocenters. The van der Waals surface area contributed by atoms with Crippen molar-refractivity contribution in [2.24, 2.45) is 0 Å². The second-order valence-electron chi connectivity index (χ2n) is 1.90. The summed E-state index contributed by atoms with van der Waals surface area (Å²) >= 11 is 31.0. The highest BCUT2D eigenvalue weighted by Gasteiger charge is 2.50. The minimum Gasteiger partial charge on any atom is -0.179 e. The summed E-state index contributed by atoms with van der Waals surface area (Å²) in [6.07, 6.45) is 0. The van der Waals surface area contributed by atoms with Gasteiger partial charge in [-0.25, -0.2) is 0 Å². The molecule has 1 aromatic heterocycles. The predicted molar refractivity (Wildman–Crippen MR) is 55.5 cm³/mol. The molecule has 1 aromatic rings. The van der Waals surface area contributed by atoms with Crippen molar-refractivity contribution in [2.75, 3.05) is 0 Å². The van der Waals surface area contributed by atoms with E-state index in [-0.39, 0.29) is 4.73 Å². The lowest BCUT2D eigenvalue weighted by Gasteiger charge is -2.26. The van der Waals surface area contributed by atoms with Gasteiger partial charge in [-0.05, 0) is 26.4 Å². The highest BCUT2D eigenvalue weighted by Crippen LogP contribution is 2.49. The van der Waals surface area contributed by atoms with E-state index >= 15 is 0 Å². The minimum absolute atomic E-state index is 0.156. The Kier molecular flexibility index (Phi) is 3.59. The van der Waals surface area contributed by atoms with Crippen LogP contribution in [0.25, 0.3) is 0 Å². The number of alkyl halides is 5. The first kappa shape index (κ1) is 12.1. The number of aromatic nitrogens is 4. The molecule has 0 amide bonds. The Labute approximate surface area is 107 Å². The summed E-state index contributed by atoms with van der Waals surface area (Å²) in [5.74, 6) is 0. The van der Waals surface area contributed by atoms with Gasteiger partial charge in [0.2, 0.25) is 8.53 Å². The fourth-order valence-electron chi connectivity index (χ4n) is 0.468. The Morgan fingerprint density at radius 3 is 2.00 bits per heavy atom. The van der Waals surface area contributed by atoms with Crippen LogP contribution in [0.2, 0.25) is 0 Å². The maximum absolute atomic E-state index is 5.74. The highest BCUT2D eigenvalue weighted by molar-refractivity contribution is 9.10. The van der Waals surface area contributed by atoms with Crippen molar-refractivity contribution in [2.45, 2.75) is 8.25 Å². The van der Waals surface area contributed by atoms with Crippen LogP contribution < -0.4 is 0 Å². The summed E-state index contributed by atoms with van der Waals surface area (Å²) in [6, 6.07) is 0. The van der Waals surface area contributed by atoms with E-state index in [9.17, 15) is 0 Å². The van der Waals surface area contributed by atoms with E-state index in [1.165, 1.54) is 0 Å². The van der Waals surface area contributed by atoms with Gasteiger partial charge in [-0.2, -0.15) is 4.68 Å². The van der Waals surface area contributed by atoms with E-state index < -0.39 is 8.25 Å². The standard InChI is InChI=1S/C3BrCl5N4/c4-1-10-11-12-13(1)3(8,9)2(5,6)7. The number of hydrogen-bond acceptors (Lipinski definition) is 3. The van der Waals surface area contributed by atoms with E-state index in [4.69, 9.17) is 58.0 Å². The largest absolute Gasteiger partial charge is 0.260 e. The van der Waals surface area contributed by atoms with E-state index in [1.807, 2.05) is 0 Å². The summed E-state index contributed by atoms with van der Waals surface area (Å²) in [4.78, 5) is 0. The monoisotopic (exact) mass is 346 g/mol. The average molecular weight is 349 g/mol. The van der Waals surface area contributed by atoms with E-state index in [0.717, 1.165) is 4.68 Å². The first-order chi connectivity index (χ1) is 5.77. The SMILES string of the molecule is ClC(Cl)(Cl)C(Cl)(Cl)n1nnnc1Br. The van der Waals surface area contributed by atoms with Gasteiger partial charge in [0.25, 0.3) is 4.46 Å². The van der Waals surface area contributed by atoms with Crippen molar-refractivity contribution in [3.8, 4) is 0 Å². The van der Waals surface area contributed by atoms with Gasteiger partial charge in [0, 0.05) is 0 Å². The molecule has 13 heavy (non-hydrogen) atoms. The zero-order valence-electron chi connectivity index (χ0n) is 5.56. The maximum Gasteiger partial charge on any atom is 0.260 e. The molecular weight excluding hydrogens is 349 g/mol. The Hall–Kier alpha value is 1.00. The molecule has 10 heteroatoms. The second-order valence-corrected chi connectivity index (χ2v) is 6.18. The molecule has 0 aliphatic heterocycles. The van der Waals surface area contributed by atoms with Crippen molar-refractivity contribution < 1.29 is 0 Å². The fraction of sp³-hybridized carbons (Fsp3) is 0.667. The minimum atomic E-state index is -1.95. The number of tetrazole rings is 1. The predicted octanol–water partition coefficient (Wildman–Crippen LogP) is 2.89. The summed E-state index contributed by atoms with van der Waals surface area (Å²) in [5.41, 5.74) is 0. The first-order valence-electron chi connectivity index (χ1n) is 2.65. The number of halogens is 6. The van der Waals surface area contributed by atoms with Crippen LogP contribution >= 0.6 is 73.9 Å². The van der Waals surface area contributed by atoms with Crippen molar-refractivity contribution in [3.63, 3.8) is 0 Å². The molecule has 0 aliphatic rings. The molecule has 0 atom stereocenters. The van der Waals surface area contributed by atoms with Crippen molar-refractivity contribution in [3.05, 3.63) is 4.73 Å². The molecule has 0 bridgehead atoms. The lowest BCUT2D eigenvalue weighted by Crippen LogP contribution is -2.36. The van der Waals surface area contributed by atoms with Crippen LogP contribution in [0.1, 0.15) is 0 Å². The normalized spacial score (nSPS) is 13.4. The number of nitrogens with zero attached hydrogens (tertiary/aromatic N) is 4. The average Bonchev–Trinajstić information content (AvgIpc) is 2.32. The topological polar surface area (TPSA) is 43.6 Å². The molecule has 0 aliphatic carbocycles. The molecule has 0 N–H and O–H groups in total. The van der Waals surface area contributed by atoms with Crippen LogP contribution in [-0.4, -0.2) is 24.0 Å². The van der Waals surface area contributed by atoms with Gasteiger partial charge in [-0.1, -0.05) is 58.0 Å². The van der Waals surface area contributed by atoms with Gasteiger partial charge in [0.15, 0.2) is 0 Å². The number of hydrogen-bond donors (Lipinski definition) is 0. The van der Waals surface area contributed by atoms with Gasteiger partial charge >= 0.3 is 0 Å². The molecule has 1 heterocycles. The van der Waals surface area contributed by atoms with Gasteiger partial charge in [-0.3, -0.25) is 0 Å². The van der Waals surface area contributed by atoms with Crippen LogP contribution in [0, 0.1) is 0 Å². The number of rotatable bonds is 1. The Morgan fingerprint density at radius 2 is 1.69 bits per heavy atom. The van der Waals surface area contributed by atoms with Gasteiger partial charge in [-0.15, -0.1) is 5.10 Å². The molecular formula is C3BrCl5N4. The van der Waals surface area contributed by atoms with Crippen LogP contribution in [0.3, 0.4) is 0 Å². The Balaban J connectivity index is 3.15. The summed E-state index contributed by atoms with van der Waals surface area (Å²) < 4.78 is -2.74. The summed E-state index contributed by atoms with van der Waals surface area (Å²) in [6.45, 7) is 0. The van der Waals surface area contributed by atoms with E-state index in [2.05, 4.69) is 31.5 Å². The summed E-state index contributed by atoms with van der Waals surface area (Å²) in [7, 11) is 0. The van der Waals surface area contributed by atoms with Gasteiger partial charge in [0.05, 0.1) is 0 Å². The molecule has 0 spiro atoms. The molecule has 1 rings (SSSR count). The van der Waals surface area contributed by atoms with Crippen molar-refractivity contribution >= 4 is 73.9 Å². The molecule has 0 saturated heterocycles. The molecule has 4 nitrogen and oxygen atoms in total. The molecule has 0 radical (unpaired) electrons. The third-order valence-electron chi connectivity index (χ3n) is 1.04. The van der Waals surface area contributed by atoms with E-state index in [1.54, 1.807) is 0 Å². The lowest BCUT2D eigenvalue weighted by atomic mass is 10.7. The summed E-state index contributed by atoms with van der Waals surface area (Å²) in [5, 5.41) is 10.2. The molecule has 0 saturated carbocycles. The molecule has 74 valence electrons. The maximum atomic E-state index is 5.74. The molecule has 0 aromatic carbocycles. The van der Waals surface area contributed by atoms with Crippen LogP contribution in [-0.2, 0) is 4.46 Å². The highest BCUT2D eigenvalue weighted by atomic mass is 79.9. The van der Waals surface area contributed by atoms with Crippen LogP contribution in [0.5, 0.6) is 0 Å². The first-order valence-corrected chi connectivity index (χ1v) is 5.34. The Bertz CT molecular complexity index is 305. The Morgan fingerprint density at radius 1 is 1.15 bits per heavy atom. The van der Waals surface area contributed by atoms with Crippen LogP contribution in [0.15, 0.2) is 4.73 Å². The quantitative estimate of drug-likeness (QED) is 0.733. The second kappa shape index (κ2) is 3.87. The lowest BCUT2D eigenvalue weighted by molar-refractivity contribution is 0.511. The third-order valence-corrected chi connectivity index (χ3v) is 3.82. The van der Waals surface area contributed by atoms with Gasteiger partial charge < -0.3 is 0 Å². The van der Waals surface area contributed by atoms with Crippen molar-refractivity contribution in [1.29, 1.82) is 0 Å². The van der Waals surface area contributed by atoms with E-state index in [0.29, 0.717) is 0 Å².